The summed E-state index contributed by atoms with van der Waals surface area (Å²) in [5.41, 5.74) is 3.78. The van der Waals surface area contributed by atoms with Crippen molar-refractivity contribution >= 4 is 23.3 Å². The molecule has 2 heterocycles. The number of rotatable bonds is 9. The summed E-state index contributed by atoms with van der Waals surface area (Å²) < 4.78 is 2.02. The average Bonchev–Trinajstić information content (AvgIpc) is 3.24. The third-order valence-corrected chi connectivity index (χ3v) is 6.12. The molecule has 0 saturated heterocycles. The summed E-state index contributed by atoms with van der Waals surface area (Å²) in [6, 6.07) is 23.7. The minimum atomic E-state index is -0.0538. The van der Waals surface area contributed by atoms with E-state index in [9.17, 15) is 9.90 Å². The van der Waals surface area contributed by atoms with Gasteiger partial charge in [-0.3, -0.25) is 4.79 Å². The summed E-state index contributed by atoms with van der Waals surface area (Å²) in [4.78, 5) is 20.4. The van der Waals surface area contributed by atoms with Crippen LogP contribution in [0.3, 0.4) is 0 Å². The Balaban J connectivity index is 1.36. The number of thioether (sulfide) groups is 1. The number of fused-ring (bicyclic) bond motifs is 1. The van der Waals surface area contributed by atoms with E-state index in [-0.39, 0.29) is 12.5 Å². The fourth-order valence-corrected chi connectivity index (χ4v) is 4.22. The first-order chi connectivity index (χ1) is 15.2. The zero-order valence-corrected chi connectivity index (χ0v) is 18.0. The van der Waals surface area contributed by atoms with E-state index >= 15 is 0 Å². The lowest BCUT2D eigenvalue weighted by Crippen LogP contribution is -2.35. The Morgan fingerprint density at radius 2 is 1.74 bits per heavy atom. The van der Waals surface area contributed by atoms with E-state index in [1.807, 2.05) is 77.5 Å². The minimum absolute atomic E-state index is 0.0481. The molecule has 4 aromatic rings. The zero-order chi connectivity index (χ0) is 21.5. The maximum absolute atomic E-state index is 12.9. The zero-order valence-electron chi connectivity index (χ0n) is 17.2. The predicted octanol–water partition coefficient (Wildman–Crippen LogP) is 4.30. The van der Waals surface area contributed by atoms with Crippen molar-refractivity contribution in [3.8, 4) is 0 Å². The molecule has 2 aromatic carbocycles. The maximum Gasteiger partial charge on any atom is 0.253 e. The molecule has 6 heteroatoms. The number of pyridine rings is 1. The Kier molecular flexibility index (Phi) is 7.02. The number of aliphatic hydroxyl groups excluding tert-OH is 1. The minimum Gasteiger partial charge on any atom is -0.395 e. The second-order valence-corrected chi connectivity index (χ2v) is 8.31. The molecule has 0 aliphatic rings. The lowest BCUT2D eigenvalue weighted by Gasteiger charge is -2.22. The van der Waals surface area contributed by atoms with E-state index in [4.69, 9.17) is 0 Å². The molecule has 5 nitrogen and oxygen atoms in total. The van der Waals surface area contributed by atoms with Gasteiger partial charge in [-0.2, -0.15) is 0 Å². The molecule has 158 valence electrons. The van der Waals surface area contributed by atoms with Gasteiger partial charge in [0.2, 0.25) is 0 Å². The highest BCUT2D eigenvalue weighted by molar-refractivity contribution is 7.98. The molecule has 0 spiro atoms. The summed E-state index contributed by atoms with van der Waals surface area (Å²) >= 11 is 1.69. The summed E-state index contributed by atoms with van der Waals surface area (Å²) in [6.07, 6.45) is 4.80. The van der Waals surface area contributed by atoms with Gasteiger partial charge in [0.1, 0.15) is 5.65 Å². The molecule has 0 aliphatic heterocycles. The Morgan fingerprint density at radius 1 is 0.968 bits per heavy atom. The van der Waals surface area contributed by atoms with Crippen LogP contribution in [0.4, 0.5) is 0 Å². The average molecular weight is 432 g/mol. The molecule has 0 fully saturated rings. The number of carbonyl (C=O) groups is 1. The monoisotopic (exact) mass is 431 g/mol. The van der Waals surface area contributed by atoms with Gasteiger partial charge in [0.25, 0.3) is 5.91 Å². The molecule has 0 bridgehead atoms. The molecule has 4 rings (SSSR count). The van der Waals surface area contributed by atoms with E-state index in [0.29, 0.717) is 18.7 Å². The van der Waals surface area contributed by atoms with Gasteiger partial charge >= 0.3 is 0 Å². The van der Waals surface area contributed by atoms with Crippen LogP contribution in [-0.4, -0.2) is 45.0 Å². The first kappa shape index (κ1) is 21.2. The number of benzene rings is 2. The fraction of sp³-hybridized carbons (Fsp3) is 0.200. The summed E-state index contributed by atoms with van der Waals surface area (Å²) in [7, 11) is 0. The summed E-state index contributed by atoms with van der Waals surface area (Å²) in [6.45, 7) is 0.858. The predicted molar refractivity (Wildman–Crippen MR) is 124 cm³/mol. The highest BCUT2D eigenvalue weighted by atomic mass is 32.2. The van der Waals surface area contributed by atoms with Gasteiger partial charge in [0.05, 0.1) is 12.3 Å². The van der Waals surface area contributed by atoms with Crippen molar-refractivity contribution in [2.24, 2.45) is 0 Å². The second kappa shape index (κ2) is 10.3. The number of nitrogens with zero attached hydrogens (tertiary/aromatic N) is 3. The van der Waals surface area contributed by atoms with Gasteiger partial charge in [-0.1, -0.05) is 36.4 Å². The van der Waals surface area contributed by atoms with Crippen LogP contribution in [0.25, 0.3) is 5.65 Å². The van der Waals surface area contributed by atoms with Crippen LogP contribution in [0.2, 0.25) is 0 Å². The van der Waals surface area contributed by atoms with Gasteiger partial charge < -0.3 is 14.4 Å². The number of amides is 1. The molecule has 0 atom stereocenters. The van der Waals surface area contributed by atoms with Crippen LogP contribution in [0.1, 0.15) is 21.6 Å². The maximum atomic E-state index is 12.9. The molecule has 2 aromatic heterocycles. The number of carbonyl (C=O) groups excluding carboxylic acids is 1. The molecule has 1 amide bonds. The molecule has 31 heavy (non-hydrogen) atoms. The van der Waals surface area contributed by atoms with Crippen LogP contribution >= 0.6 is 11.8 Å². The third kappa shape index (κ3) is 5.54. The quantitative estimate of drug-likeness (QED) is 0.402. The Labute approximate surface area is 186 Å². The van der Waals surface area contributed by atoms with Crippen LogP contribution in [0.15, 0.2) is 90.1 Å². The highest BCUT2D eigenvalue weighted by Gasteiger charge is 2.15. The van der Waals surface area contributed by atoms with Crippen molar-refractivity contribution in [2.45, 2.75) is 17.1 Å². The molecular weight excluding hydrogens is 406 g/mol. The van der Waals surface area contributed by atoms with Crippen LogP contribution in [0, 0.1) is 0 Å². The van der Waals surface area contributed by atoms with Gasteiger partial charge in [0.15, 0.2) is 0 Å². The highest BCUT2D eigenvalue weighted by Crippen LogP contribution is 2.23. The van der Waals surface area contributed by atoms with Gasteiger partial charge in [-0.25, -0.2) is 4.98 Å². The Hall–Kier alpha value is -3.09. The van der Waals surface area contributed by atoms with Crippen molar-refractivity contribution in [3.05, 3.63) is 102 Å². The molecular formula is C25H25N3O2S. The number of hydrogen-bond donors (Lipinski definition) is 1. The van der Waals surface area contributed by atoms with E-state index in [1.54, 1.807) is 16.7 Å². The normalized spacial score (nSPS) is 11.0. The molecule has 0 radical (unpaired) electrons. The van der Waals surface area contributed by atoms with Crippen LogP contribution in [-0.2, 0) is 12.2 Å². The first-order valence-electron chi connectivity index (χ1n) is 10.3. The van der Waals surface area contributed by atoms with E-state index in [2.05, 4.69) is 17.1 Å². The number of aromatic nitrogens is 2. The lowest BCUT2D eigenvalue weighted by atomic mass is 10.1. The van der Waals surface area contributed by atoms with Gasteiger partial charge in [-0.15, -0.1) is 11.8 Å². The first-order valence-corrected chi connectivity index (χ1v) is 11.3. The molecule has 0 unspecified atom stereocenters. The van der Waals surface area contributed by atoms with Gasteiger partial charge in [-0.05, 0) is 48.4 Å². The lowest BCUT2D eigenvalue weighted by molar-refractivity contribution is 0.0724. The molecule has 0 saturated carbocycles. The van der Waals surface area contributed by atoms with Crippen molar-refractivity contribution in [1.82, 2.24) is 14.3 Å². The summed E-state index contributed by atoms with van der Waals surface area (Å²) in [5.74, 6) is 0.713. The molecule has 1 N–H and O–H groups in total. The standard InChI is InChI=1S/C25H25N3O2S/c29-17-16-27(15-13-20-6-2-1-3-7-20)25(30)21-9-11-23(12-10-21)31-19-22-18-28-14-5-4-8-24(28)26-22/h1-12,14,18,29H,13,15-17,19H2. The Morgan fingerprint density at radius 3 is 2.48 bits per heavy atom. The SMILES string of the molecule is O=C(c1ccc(SCc2cn3ccccc3n2)cc1)N(CCO)CCc1ccccc1. The largest absolute Gasteiger partial charge is 0.395 e. The van der Waals surface area contributed by atoms with E-state index < -0.39 is 0 Å². The second-order valence-electron chi connectivity index (χ2n) is 7.26. The smallest absolute Gasteiger partial charge is 0.253 e. The fourth-order valence-electron chi connectivity index (χ4n) is 3.43. The topological polar surface area (TPSA) is 57.8 Å². The van der Waals surface area contributed by atoms with Crippen LogP contribution < -0.4 is 0 Å². The Bertz CT molecular complexity index is 1090. The van der Waals surface area contributed by atoms with E-state index in [0.717, 1.165) is 28.4 Å². The van der Waals surface area contributed by atoms with Gasteiger partial charge in [0, 0.05) is 41.7 Å². The van der Waals surface area contributed by atoms with Crippen molar-refractivity contribution in [2.75, 3.05) is 19.7 Å². The number of hydrogen-bond acceptors (Lipinski definition) is 4. The van der Waals surface area contributed by atoms with Crippen LogP contribution in [0.5, 0.6) is 0 Å². The van der Waals surface area contributed by atoms with Crippen molar-refractivity contribution in [3.63, 3.8) is 0 Å². The third-order valence-electron chi connectivity index (χ3n) is 5.07. The number of aliphatic hydroxyl groups is 1. The number of imidazole rings is 1. The van der Waals surface area contributed by atoms with E-state index in [1.165, 1.54) is 5.56 Å². The molecule has 0 aliphatic carbocycles. The van der Waals surface area contributed by atoms with Crippen molar-refractivity contribution in [1.29, 1.82) is 0 Å². The summed E-state index contributed by atoms with van der Waals surface area (Å²) in [5, 5.41) is 9.40. The van der Waals surface area contributed by atoms with Crippen molar-refractivity contribution < 1.29 is 9.90 Å².